The fourth-order valence-electron chi connectivity index (χ4n) is 2.42. The van der Waals surface area contributed by atoms with Gasteiger partial charge in [0.05, 0.1) is 14.2 Å². The van der Waals surface area contributed by atoms with Crippen LogP contribution in [0.3, 0.4) is 0 Å². The largest absolute Gasteiger partial charge is 0.497 e. The van der Waals surface area contributed by atoms with Crippen LogP contribution in [0.5, 0.6) is 11.5 Å². The molecule has 2 aromatic rings. The van der Waals surface area contributed by atoms with Gasteiger partial charge in [0.2, 0.25) is 6.10 Å². The predicted molar refractivity (Wildman–Crippen MR) is 101 cm³/mol. The summed E-state index contributed by atoms with van der Waals surface area (Å²) in [6.45, 7) is 2.06. The van der Waals surface area contributed by atoms with Gasteiger partial charge >= 0.3 is 12.0 Å². The molecule has 8 heteroatoms. The molecule has 3 amide bonds. The molecule has 2 rings (SSSR count). The maximum Gasteiger partial charge on any atom is 0.343 e. The summed E-state index contributed by atoms with van der Waals surface area (Å²) >= 11 is 0. The maximum atomic E-state index is 12.7. The van der Waals surface area contributed by atoms with Crippen LogP contribution in [0.1, 0.15) is 28.9 Å². The number of carbonyl (C=O) groups excluding carboxylic acids is 3. The van der Waals surface area contributed by atoms with E-state index < -0.39 is 24.0 Å². The van der Waals surface area contributed by atoms with Crippen molar-refractivity contribution in [3.8, 4) is 11.5 Å². The van der Waals surface area contributed by atoms with Gasteiger partial charge in [0.15, 0.2) is 0 Å². The normalized spacial score (nSPS) is 11.1. The summed E-state index contributed by atoms with van der Waals surface area (Å²) in [7, 11) is 2.89. The van der Waals surface area contributed by atoms with Gasteiger partial charge in [-0.3, -0.25) is 10.1 Å². The SMILES string of the molecule is CCNC(=O)NC(=O)[C@H](OC(=O)c1ccc(OC)cc1OC)c1ccccc1. The van der Waals surface area contributed by atoms with E-state index in [0.29, 0.717) is 17.9 Å². The van der Waals surface area contributed by atoms with Crippen molar-refractivity contribution in [3.05, 3.63) is 59.7 Å². The standard InChI is InChI=1S/C20H22N2O6/c1-4-21-20(25)22-18(23)17(13-8-6-5-7-9-13)28-19(24)15-11-10-14(26-2)12-16(15)27-3/h5-12,17H,4H2,1-3H3,(H2,21,22,23,25)/t17-/m1/s1. The third-order valence-electron chi connectivity index (χ3n) is 3.77. The summed E-state index contributed by atoms with van der Waals surface area (Å²) in [6.07, 6.45) is -1.32. The Kier molecular flexibility index (Phi) is 7.38. The van der Waals surface area contributed by atoms with Gasteiger partial charge < -0.3 is 19.5 Å². The number of carbonyl (C=O) groups is 3. The summed E-state index contributed by atoms with van der Waals surface area (Å²) in [4.78, 5) is 36.9. The Bertz CT molecular complexity index is 838. The Morgan fingerprint density at radius 1 is 1.00 bits per heavy atom. The number of amides is 3. The van der Waals surface area contributed by atoms with Gasteiger partial charge in [0.25, 0.3) is 5.91 Å². The van der Waals surface area contributed by atoms with Crippen molar-refractivity contribution in [2.75, 3.05) is 20.8 Å². The van der Waals surface area contributed by atoms with E-state index in [4.69, 9.17) is 14.2 Å². The molecule has 2 N–H and O–H groups in total. The van der Waals surface area contributed by atoms with E-state index >= 15 is 0 Å². The first-order valence-corrected chi connectivity index (χ1v) is 8.56. The average Bonchev–Trinajstić information content (AvgIpc) is 2.71. The number of benzene rings is 2. The molecule has 0 saturated carbocycles. The second-order valence-corrected chi connectivity index (χ2v) is 5.61. The Morgan fingerprint density at radius 2 is 1.71 bits per heavy atom. The quantitative estimate of drug-likeness (QED) is 0.709. The topological polar surface area (TPSA) is 103 Å². The van der Waals surface area contributed by atoms with Crippen LogP contribution < -0.4 is 20.1 Å². The number of urea groups is 1. The second kappa shape index (κ2) is 9.96. The molecule has 28 heavy (non-hydrogen) atoms. The van der Waals surface area contributed by atoms with Crippen LogP contribution in [0.2, 0.25) is 0 Å². The van der Waals surface area contributed by atoms with E-state index in [1.807, 2.05) is 0 Å². The Hall–Kier alpha value is -3.55. The van der Waals surface area contributed by atoms with E-state index in [1.165, 1.54) is 26.4 Å². The number of esters is 1. The highest BCUT2D eigenvalue weighted by Crippen LogP contribution is 2.27. The van der Waals surface area contributed by atoms with Gasteiger partial charge in [0, 0.05) is 18.2 Å². The van der Waals surface area contributed by atoms with Gasteiger partial charge in [-0.2, -0.15) is 0 Å². The number of imide groups is 1. The minimum Gasteiger partial charge on any atom is -0.497 e. The minimum atomic E-state index is -1.32. The molecule has 0 aromatic heterocycles. The van der Waals surface area contributed by atoms with Crippen LogP contribution in [0.15, 0.2) is 48.5 Å². The van der Waals surface area contributed by atoms with Crippen molar-refractivity contribution < 1.29 is 28.6 Å². The van der Waals surface area contributed by atoms with Crippen LogP contribution in [0, 0.1) is 0 Å². The molecule has 0 aliphatic rings. The lowest BCUT2D eigenvalue weighted by molar-refractivity contribution is -0.129. The number of rotatable bonds is 7. The summed E-state index contributed by atoms with van der Waals surface area (Å²) in [5.41, 5.74) is 0.542. The van der Waals surface area contributed by atoms with Gasteiger partial charge in [-0.1, -0.05) is 30.3 Å². The Balaban J connectivity index is 2.28. The summed E-state index contributed by atoms with van der Waals surface area (Å²) in [5.74, 6) is -0.806. The number of hydrogen-bond donors (Lipinski definition) is 2. The molecule has 0 saturated heterocycles. The number of nitrogens with one attached hydrogen (secondary N) is 2. The lowest BCUT2D eigenvalue weighted by atomic mass is 10.1. The predicted octanol–water partition coefficient (Wildman–Crippen LogP) is 2.45. The highest BCUT2D eigenvalue weighted by molar-refractivity contribution is 5.99. The van der Waals surface area contributed by atoms with Crippen molar-refractivity contribution in [1.82, 2.24) is 10.6 Å². The number of methoxy groups -OCH3 is 2. The van der Waals surface area contributed by atoms with E-state index in [0.717, 1.165) is 0 Å². The summed E-state index contributed by atoms with van der Waals surface area (Å²) in [5, 5.41) is 4.62. The van der Waals surface area contributed by atoms with Crippen LogP contribution in [-0.2, 0) is 9.53 Å². The fourth-order valence-corrected chi connectivity index (χ4v) is 2.42. The first-order valence-electron chi connectivity index (χ1n) is 8.56. The van der Waals surface area contributed by atoms with Crippen molar-refractivity contribution >= 4 is 17.9 Å². The molecular formula is C20H22N2O6. The molecule has 0 radical (unpaired) electrons. The molecule has 0 unspecified atom stereocenters. The lowest BCUT2D eigenvalue weighted by Gasteiger charge is -2.18. The Morgan fingerprint density at radius 3 is 2.32 bits per heavy atom. The molecular weight excluding hydrogens is 364 g/mol. The summed E-state index contributed by atoms with van der Waals surface area (Å²) < 4.78 is 15.7. The third-order valence-corrected chi connectivity index (χ3v) is 3.77. The molecule has 2 aromatic carbocycles. The van der Waals surface area contributed by atoms with E-state index in [-0.39, 0.29) is 11.3 Å². The molecule has 1 atom stereocenters. The first-order chi connectivity index (χ1) is 13.5. The first kappa shape index (κ1) is 20.8. The van der Waals surface area contributed by atoms with Crippen molar-refractivity contribution in [2.45, 2.75) is 13.0 Å². The molecule has 0 spiro atoms. The van der Waals surface area contributed by atoms with Crippen molar-refractivity contribution in [1.29, 1.82) is 0 Å². The zero-order valence-corrected chi connectivity index (χ0v) is 15.9. The molecule has 0 bridgehead atoms. The maximum absolute atomic E-state index is 12.7. The number of ether oxygens (including phenoxy) is 3. The lowest BCUT2D eigenvalue weighted by Crippen LogP contribution is -2.42. The highest BCUT2D eigenvalue weighted by atomic mass is 16.6. The Labute approximate surface area is 162 Å². The zero-order chi connectivity index (χ0) is 20.5. The van der Waals surface area contributed by atoms with Crippen LogP contribution >= 0.6 is 0 Å². The third kappa shape index (κ3) is 5.23. The molecule has 0 aliphatic carbocycles. The zero-order valence-electron chi connectivity index (χ0n) is 15.9. The molecule has 148 valence electrons. The fraction of sp³-hybridized carbons (Fsp3) is 0.250. The van der Waals surface area contributed by atoms with Crippen molar-refractivity contribution in [3.63, 3.8) is 0 Å². The number of hydrogen-bond acceptors (Lipinski definition) is 6. The molecule has 0 aliphatic heterocycles. The average molecular weight is 386 g/mol. The van der Waals surface area contributed by atoms with Gasteiger partial charge in [-0.15, -0.1) is 0 Å². The van der Waals surface area contributed by atoms with E-state index in [1.54, 1.807) is 43.3 Å². The van der Waals surface area contributed by atoms with Gasteiger partial charge in [-0.05, 0) is 19.1 Å². The smallest absolute Gasteiger partial charge is 0.343 e. The van der Waals surface area contributed by atoms with Crippen LogP contribution in [0.4, 0.5) is 4.79 Å². The second-order valence-electron chi connectivity index (χ2n) is 5.61. The highest BCUT2D eigenvalue weighted by Gasteiger charge is 2.28. The summed E-state index contributed by atoms with van der Waals surface area (Å²) in [6, 6.07) is 12.3. The van der Waals surface area contributed by atoms with Gasteiger partial charge in [-0.25, -0.2) is 9.59 Å². The molecule has 0 fully saturated rings. The molecule has 0 heterocycles. The minimum absolute atomic E-state index is 0.120. The van der Waals surface area contributed by atoms with E-state index in [2.05, 4.69) is 10.6 Å². The monoisotopic (exact) mass is 386 g/mol. The van der Waals surface area contributed by atoms with Crippen LogP contribution in [0.25, 0.3) is 0 Å². The van der Waals surface area contributed by atoms with Crippen LogP contribution in [-0.4, -0.2) is 38.7 Å². The van der Waals surface area contributed by atoms with Crippen molar-refractivity contribution in [2.24, 2.45) is 0 Å². The van der Waals surface area contributed by atoms with E-state index in [9.17, 15) is 14.4 Å². The van der Waals surface area contributed by atoms with Gasteiger partial charge in [0.1, 0.15) is 17.1 Å². The molecule has 8 nitrogen and oxygen atoms in total.